The van der Waals surface area contributed by atoms with Gasteiger partial charge in [-0.05, 0) is 30.3 Å². The van der Waals surface area contributed by atoms with Crippen molar-refractivity contribution in [3.63, 3.8) is 0 Å². The fourth-order valence-corrected chi connectivity index (χ4v) is 2.03. The quantitative estimate of drug-likeness (QED) is 0.786. The van der Waals surface area contributed by atoms with Crippen molar-refractivity contribution in [2.75, 3.05) is 0 Å². The maximum atomic E-state index is 12.6. The van der Waals surface area contributed by atoms with Gasteiger partial charge in [0.15, 0.2) is 5.82 Å². The van der Waals surface area contributed by atoms with E-state index in [1.807, 2.05) is 0 Å². The van der Waals surface area contributed by atoms with Gasteiger partial charge in [-0.25, -0.2) is 9.67 Å². The third-order valence-electron chi connectivity index (χ3n) is 3.10. The molecule has 1 aromatic carbocycles. The molecule has 0 radical (unpaired) electrons. The lowest BCUT2D eigenvalue weighted by molar-refractivity contribution is -0.137. The third kappa shape index (κ3) is 2.65. The number of aromatic hydroxyl groups is 1. The fraction of sp³-hybridized carbons (Fsp3) is 0.0667. The minimum absolute atomic E-state index is 0.273. The predicted octanol–water partition coefficient (Wildman–Crippen LogP) is 3.66. The molecule has 0 fully saturated rings. The monoisotopic (exact) mass is 305 g/mol. The highest BCUT2D eigenvalue weighted by atomic mass is 19.4. The SMILES string of the molecule is Oc1cc(C(F)(F)F)ccc1-c1cnn(-c2ccccn2)c1. The summed E-state index contributed by atoms with van der Waals surface area (Å²) in [6.07, 6.45) is 0.155. The van der Waals surface area contributed by atoms with Gasteiger partial charge in [0.25, 0.3) is 0 Å². The van der Waals surface area contributed by atoms with Crippen molar-refractivity contribution in [3.05, 3.63) is 60.6 Å². The topological polar surface area (TPSA) is 50.9 Å². The number of phenolic OH excluding ortho intramolecular Hbond substituents is 1. The van der Waals surface area contributed by atoms with E-state index in [0.717, 1.165) is 6.07 Å². The van der Waals surface area contributed by atoms with Crippen LogP contribution in [0.3, 0.4) is 0 Å². The highest BCUT2D eigenvalue weighted by Gasteiger charge is 2.31. The maximum Gasteiger partial charge on any atom is 0.416 e. The van der Waals surface area contributed by atoms with Crippen LogP contribution in [0.4, 0.5) is 13.2 Å². The third-order valence-corrected chi connectivity index (χ3v) is 3.10. The van der Waals surface area contributed by atoms with Crippen LogP contribution < -0.4 is 0 Å². The molecular weight excluding hydrogens is 295 g/mol. The van der Waals surface area contributed by atoms with E-state index in [2.05, 4.69) is 10.1 Å². The summed E-state index contributed by atoms with van der Waals surface area (Å²) >= 11 is 0. The maximum absolute atomic E-state index is 12.6. The molecule has 7 heteroatoms. The summed E-state index contributed by atoms with van der Waals surface area (Å²) in [5, 5.41) is 13.9. The summed E-state index contributed by atoms with van der Waals surface area (Å²) in [5.74, 6) is 0.121. The number of hydrogen-bond acceptors (Lipinski definition) is 3. The second-order valence-electron chi connectivity index (χ2n) is 4.59. The first-order valence-corrected chi connectivity index (χ1v) is 6.32. The Morgan fingerprint density at radius 1 is 1.09 bits per heavy atom. The summed E-state index contributed by atoms with van der Waals surface area (Å²) in [5.41, 5.74) is -0.127. The van der Waals surface area contributed by atoms with E-state index in [4.69, 9.17) is 0 Å². The second-order valence-corrected chi connectivity index (χ2v) is 4.59. The summed E-state index contributed by atoms with van der Waals surface area (Å²) in [6, 6.07) is 8.14. The Morgan fingerprint density at radius 3 is 2.55 bits per heavy atom. The molecule has 0 aliphatic carbocycles. The van der Waals surface area contributed by atoms with E-state index >= 15 is 0 Å². The number of hydrogen-bond donors (Lipinski definition) is 1. The number of aromatic nitrogens is 3. The van der Waals surface area contributed by atoms with Crippen LogP contribution in [-0.4, -0.2) is 19.9 Å². The number of halogens is 3. The van der Waals surface area contributed by atoms with E-state index in [0.29, 0.717) is 17.4 Å². The Morgan fingerprint density at radius 2 is 1.91 bits per heavy atom. The standard InChI is InChI=1S/C15H10F3N3O/c16-15(17,18)11-4-5-12(13(22)7-11)10-8-20-21(9-10)14-3-1-2-6-19-14/h1-9,22H. The van der Waals surface area contributed by atoms with Crippen molar-refractivity contribution >= 4 is 0 Å². The van der Waals surface area contributed by atoms with Crippen molar-refractivity contribution in [2.24, 2.45) is 0 Å². The molecule has 2 aromatic heterocycles. The molecule has 0 saturated heterocycles. The molecule has 0 amide bonds. The van der Waals surface area contributed by atoms with Crippen LogP contribution >= 0.6 is 0 Å². The van der Waals surface area contributed by atoms with Gasteiger partial charge in [0.05, 0.1) is 11.8 Å². The van der Waals surface area contributed by atoms with Gasteiger partial charge >= 0.3 is 6.18 Å². The number of pyridine rings is 1. The van der Waals surface area contributed by atoms with Crippen LogP contribution in [-0.2, 0) is 6.18 Å². The average molecular weight is 305 g/mol. The predicted molar refractivity (Wildman–Crippen MR) is 73.5 cm³/mol. The number of alkyl halides is 3. The van der Waals surface area contributed by atoms with Gasteiger partial charge < -0.3 is 5.11 Å². The molecule has 3 aromatic rings. The molecule has 112 valence electrons. The van der Waals surface area contributed by atoms with Crippen LogP contribution in [0.25, 0.3) is 16.9 Å². The van der Waals surface area contributed by atoms with Crippen LogP contribution in [0.15, 0.2) is 55.0 Å². The first-order valence-electron chi connectivity index (χ1n) is 6.32. The van der Waals surface area contributed by atoms with E-state index in [1.54, 1.807) is 30.6 Å². The van der Waals surface area contributed by atoms with Gasteiger partial charge in [0, 0.05) is 23.5 Å². The van der Waals surface area contributed by atoms with Crippen molar-refractivity contribution < 1.29 is 18.3 Å². The Kier molecular flexibility index (Phi) is 3.32. The molecule has 22 heavy (non-hydrogen) atoms. The van der Waals surface area contributed by atoms with Crippen molar-refractivity contribution in [1.29, 1.82) is 0 Å². The molecule has 0 bridgehead atoms. The van der Waals surface area contributed by atoms with Crippen LogP contribution in [0.1, 0.15) is 5.56 Å². The lowest BCUT2D eigenvalue weighted by Gasteiger charge is -2.09. The summed E-state index contributed by atoms with van der Waals surface area (Å²) in [4.78, 5) is 4.11. The molecule has 2 heterocycles. The number of nitrogens with zero attached hydrogens (tertiary/aromatic N) is 3. The zero-order valence-electron chi connectivity index (χ0n) is 11.1. The molecule has 0 aliphatic heterocycles. The Labute approximate surface area is 123 Å². The molecular formula is C15H10F3N3O. The van der Waals surface area contributed by atoms with E-state index in [-0.39, 0.29) is 5.56 Å². The Balaban J connectivity index is 1.97. The van der Waals surface area contributed by atoms with E-state index in [1.165, 1.54) is 16.9 Å². The van der Waals surface area contributed by atoms with Crippen molar-refractivity contribution in [2.45, 2.75) is 6.18 Å². The number of benzene rings is 1. The van der Waals surface area contributed by atoms with Gasteiger partial charge in [-0.15, -0.1) is 0 Å². The number of rotatable bonds is 2. The zero-order valence-corrected chi connectivity index (χ0v) is 11.1. The first kappa shape index (κ1) is 14.1. The van der Waals surface area contributed by atoms with Crippen LogP contribution in [0.5, 0.6) is 5.75 Å². The van der Waals surface area contributed by atoms with E-state index in [9.17, 15) is 18.3 Å². The first-order chi connectivity index (χ1) is 10.4. The molecule has 3 rings (SSSR count). The largest absolute Gasteiger partial charge is 0.507 e. The summed E-state index contributed by atoms with van der Waals surface area (Å²) < 4.78 is 39.3. The summed E-state index contributed by atoms with van der Waals surface area (Å²) in [6.45, 7) is 0. The van der Waals surface area contributed by atoms with Crippen LogP contribution in [0.2, 0.25) is 0 Å². The highest BCUT2D eigenvalue weighted by Crippen LogP contribution is 2.36. The van der Waals surface area contributed by atoms with Crippen LogP contribution in [0, 0.1) is 0 Å². The van der Waals surface area contributed by atoms with Gasteiger partial charge in [-0.2, -0.15) is 18.3 Å². The van der Waals surface area contributed by atoms with Gasteiger partial charge in [0.1, 0.15) is 5.75 Å². The molecule has 0 unspecified atom stereocenters. The molecule has 0 aliphatic rings. The van der Waals surface area contributed by atoms with Crippen molar-refractivity contribution in [1.82, 2.24) is 14.8 Å². The van der Waals surface area contributed by atoms with E-state index < -0.39 is 17.5 Å². The van der Waals surface area contributed by atoms with Gasteiger partial charge in [0.2, 0.25) is 0 Å². The lowest BCUT2D eigenvalue weighted by Crippen LogP contribution is -2.04. The molecule has 4 nitrogen and oxygen atoms in total. The van der Waals surface area contributed by atoms with Crippen molar-refractivity contribution in [3.8, 4) is 22.7 Å². The molecule has 1 N–H and O–H groups in total. The average Bonchev–Trinajstić information content (AvgIpc) is 2.96. The zero-order chi connectivity index (χ0) is 15.7. The normalized spacial score (nSPS) is 11.6. The smallest absolute Gasteiger partial charge is 0.416 e. The molecule has 0 atom stereocenters. The van der Waals surface area contributed by atoms with Gasteiger partial charge in [-0.1, -0.05) is 6.07 Å². The van der Waals surface area contributed by atoms with Gasteiger partial charge in [-0.3, -0.25) is 0 Å². The fourth-order valence-electron chi connectivity index (χ4n) is 2.03. The highest BCUT2D eigenvalue weighted by molar-refractivity contribution is 5.69. The summed E-state index contributed by atoms with van der Waals surface area (Å²) in [7, 11) is 0. The Bertz CT molecular complexity index is 797. The number of phenols is 1. The molecule has 0 spiro atoms. The minimum atomic E-state index is -4.49. The minimum Gasteiger partial charge on any atom is -0.507 e. The Hall–Kier alpha value is -2.83. The lowest BCUT2D eigenvalue weighted by atomic mass is 10.1. The second kappa shape index (κ2) is 5.18. The molecule has 0 saturated carbocycles.